The van der Waals surface area contributed by atoms with E-state index in [0.717, 1.165) is 22.4 Å². The molecule has 96 valence electrons. The van der Waals surface area contributed by atoms with Crippen molar-refractivity contribution in [3.63, 3.8) is 0 Å². The molecule has 1 unspecified atom stereocenters. The lowest BCUT2D eigenvalue weighted by Crippen LogP contribution is -2.04. The highest BCUT2D eigenvalue weighted by molar-refractivity contribution is 5.72. The molecule has 0 amide bonds. The number of ether oxygens (including phenoxy) is 1. The largest absolute Gasteiger partial charge is 0.496 e. The third-order valence-corrected chi connectivity index (χ3v) is 3.05. The third kappa shape index (κ3) is 2.75. The average Bonchev–Trinajstić information content (AvgIpc) is 2.46. The van der Waals surface area contributed by atoms with Crippen molar-refractivity contribution in [2.45, 2.75) is 13.0 Å². The monoisotopic (exact) mass is 252 g/mol. The van der Waals surface area contributed by atoms with Gasteiger partial charge in [0.25, 0.3) is 0 Å². The van der Waals surface area contributed by atoms with Gasteiger partial charge < -0.3 is 10.5 Å². The normalized spacial score (nSPS) is 11.7. The third-order valence-electron chi connectivity index (χ3n) is 3.05. The maximum Gasteiger partial charge on any atom is 0.126 e. The number of rotatable bonds is 3. The van der Waals surface area contributed by atoms with Crippen LogP contribution in [0.2, 0.25) is 0 Å². The van der Waals surface area contributed by atoms with Crippen molar-refractivity contribution in [2.24, 2.45) is 5.73 Å². The predicted octanol–water partition coefficient (Wildman–Crippen LogP) is 3.25. The van der Waals surface area contributed by atoms with Crippen molar-refractivity contribution in [1.82, 2.24) is 0 Å². The van der Waals surface area contributed by atoms with Gasteiger partial charge in [0, 0.05) is 11.6 Å². The zero-order valence-corrected chi connectivity index (χ0v) is 11.1. The van der Waals surface area contributed by atoms with Crippen LogP contribution in [0.1, 0.15) is 24.1 Å². The summed E-state index contributed by atoms with van der Waals surface area (Å²) < 4.78 is 5.36. The van der Waals surface area contributed by atoms with Crippen molar-refractivity contribution in [3.8, 4) is 22.9 Å². The predicted molar refractivity (Wildman–Crippen MR) is 75.7 cm³/mol. The van der Waals surface area contributed by atoms with Gasteiger partial charge in [-0.05, 0) is 42.3 Å². The molecule has 0 saturated heterocycles. The van der Waals surface area contributed by atoms with Gasteiger partial charge in [-0.3, -0.25) is 0 Å². The standard InChI is InChI=1S/C16H16N2O/c1-11(18)13-4-3-5-14(9-13)15-8-12(10-17)6-7-16(15)19-2/h3-9,11H,18H2,1-2H3. The van der Waals surface area contributed by atoms with E-state index < -0.39 is 0 Å². The fourth-order valence-electron chi connectivity index (χ4n) is 1.99. The van der Waals surface area contributed by atoms with E-state index in [1.54, 1.807) is 13.2 Å². The minimum atomic E-state index is -0.0231. The van der Waals surface area contributed by atoms with Gasteiger partial charge in [0.05, 0.1) is 18.7 Å². The second kappa shape index (κ2) is 5.55. The number of hydrogen-bond acceptors (Lipinski definition) is 3. The molecule has 2 N–H and O–H groups in total. The minimum absolute atomic E-state index is 0.0231. The molecule has 0 aromatic heterocycles. The summed E-state index contributed by atoms with van der Waals surface area (Å²) in [4.78, 5) is 0. The Morgan fingerprint density at radius 1 is 1.21 bits per heavy atom. The Morgan fingerprint density at radius 3 is 2.63 bits per heavy atom. The Bertz CT molecular complexity index is 627. The van der Waals surface area contributed by atoms with E-state index in [1.165, 1.54) is 0 Å². The number of methoxy groups -OCH3 is 1. The van der Waals surface area contributed by atoms with Gasteiger partial charge in [-0.1, -0.05) is 18.2 Å². The first-order valence-corrected chi connectivity index (χ1v) is 6.09. The van der Waals surface area contributed by atoms with E-state index in [9.17, 15) is 0 Å². The van der Waals surface area contributed by atoms with Crippen LogP contribution in [0.15, 0.2) is 42.5 Å². The topological polar surface area (TPSA) is 59.0 Å². The molecule has 19 heavy (non-hydrogen) atoms. The van der Waals surface area contributed by atoms with Crippen molar-refractivity contribution in [2.75, 3.05) is 7.11 Å². The van der Waals surface area contributed by atoms with Crippen molar-refractivity contribution in [3.05, 3.63) is 53.6 Å². The summed E-state index contributed by atoms with van der Waals surface area (Å²) in [7, 11) is 1.63. The van der Waals surface area contributed by atoms with Gasteiger partial charge >= 0.3 is 0 Å². The molecule has 0 aliphatic rings. The molecule has 0 bridgehead atoms. The van der Waals surface area contributed by atoms with Crippen LogP contribution in [-0.2, 0) is 0 Å². The molecule has 0 heterocycles. The van der Waals surface area contributed by atoms with Crippen LogP contribution in [0.4, 0.5) is 0 Å². The second-order valence-electron chi connectivity index (χ2n) is 4.44. The number of nitrogens with zero attached hydrogens (tertiary/aromatic N) is 1. The number of nitriles is 1. The lowest BCUT2D eigenvalue weighted by Gasteiger charge is -2.12. The Morgan fingerprint density at radius 2 is 2.00 bits per heavy atom. The van der Waals surface area contributed by atoms with E-state index in [4.69, 9.17) is 15.7 Å². The highest BCUT2D eigenvalue weighted by Crippen LogP contribution is 2.31. The summed E-state index contributed by atoms with van der Waals surface area (Å²) in [6.45, 7) is 1.95. The van der Waals surface area contributed by atoms with Crippen LogP contribution >= 0.6 is 0 Å². The Balaban J connectivity index is 2.57. The average molecular weight is 252 g/mol. The van der Waals surface area contributed by atoms with Gasteiger partial charge in [0.2, 0.25) is 0 Å². The maximum absolute atomic E-state index is 9.00. The van der Waals surface area contributed by atoms with Gasteiger partial charge in [-0.2, -0.15) is 5.26 Å². The Labute approximate surface area is 113 Å². The first-order chi connectivity index (χ1) is 9.15. The van der Waals surface area contributed by atoms with Crippen molar-refractivity contribution >= 4 is 0 Å². The summed E-state index contributed by atoms with van der Waals surface area (Å²) in [5.74, 6) is 0.751. The summed E-state index contributed by atoms with van der Waals surface area (Å²) in [5, 5.41) is 9.00. The van der Waals surface area contributed by atoms with Crippen LogP contribution in [0.25, 0.3) is 11.1 Å². The maximum atomic E-state index is 9.00. The number of benzene rings is 2. The molecule has 2 aromatic carbocycles. The molecule has 0 aliphatic carbocycles. The van der Waals surface area contributed by atoms with E-state index in [-0.39, 0.29) is 6.04 Å². The molecular weight excluding hydrogens is 236 g/mol. The molecule has 2 aromatic rings. The van der Waals surface area contributed by atoms with Crippen LogP contribution in [0.5, 0.6) is 5.75 Å². The number of hydrogen-bond donors (Lipinski definition) is 1. The second-order valence-corrected chi connectivity index (χ2v) is 4.44. The van der Waals surface area contributed by atoms with Crippen LogP contribution in [-0.4, -0.2) is 7.11 Å². The quantitative estimate of drug-likeness (QED) is 0.912. The fraction of sp³-hybridized carbons (Fsp3) is 0.188. The Kier molecular flexibility index (Phi) is 3.84. The van der Waals surface area contributed by atoms with Gasteiger partial charge in [0.1, 0.15) is 5.75 Å². The molecule has 3 heteroatoms. The summed E-state index contributed by atoms with van der Waals surface area (Å²) in [6.07, 6.45) is 0. The van der Waals surface area contributed by atoms with Crippen LogP contribution < -0.4 is 10.5 Å². The van der Waals surface area contributed by atoms with Crippen LogP contribution in [0.3, 0.4) is 0 Å². The zero-order valence-electron chi connectivity index (χ0n) is 11.1. The highest BCUT2D eigenvalue weighted by Gasteiger charge is 2.09. The summed E-state index contributed by atoms with van der Waals surface area (Å²) in [6, 6.07) is 15.5. The zero-order chi connectivity index (χ0) is 13.8. The SMILES string of the molecule is COc1ccc(C#N)cc1-c1cccc(C(C)N)c1. The molecule has 0 spiro atoms. The first-order valence-electron chi connectivity index (χ1n) is 6.09. The van der Waals surface area contributed by atoms with Gasteiger partial charge in [-0.15, -0.1) is 0 Å². The van der Waals surface area contributed by atoms with E-state index in [2.05, 4.69) is 6.07 Å². The molecule has 3 nitrogen and oxygen atoms in total. The molecule has 2 rings (SSSR count). The Hall–Kier alpha value is -2.31. The van der Waals surface area contributed by atoms with E-state index >= 15 is 0 Å². The van der Waals surface area contributed by atoms with Crippen molar-refractivity contribution < 1.29 is 4.74 Å². The lowest BCUT2D eigenvalue weighted by atomic mass is 9.98. The molecule has 0 fully saturated rings. The first kappa shape index (κ1) is 13.1. The molecule has 0 radical (unpaired) electrons. The molecule has 0 saturated carbocycles. The molecule has 0 aliphatic heterocycles. The minimum Gasteiger partial charge on any atom is -0.496 e. The lowest BCUT2D eigenvalue weighted by molar-refractivity contribution is 0.416. The van der Waals surface area contributed by atoms with Gasteiger partial charge in [0.15, 0.2) is 0 Å². The van der Waals surface area contributed by atoms with Gasteiger partial charge in [-0.25, -0.2) is 0 Å². The number of nitrogens with two attached hydrogens (primary N) is 1. The van der Waals surface area contributed by atoms with E-state index in [0.29, 0.717) is 5.56 Å². The molecule has 1 atom stereocenters. The smallest absolute Gasteiger partial charge is 0.126 e. The van der Waals surface area contributed by atoms with Crippen LogP contribution in [0, 0.1) is 11.3 Å². The van der Waals surface area contributed by atoms with E-state index in [1.807, 2.05) is 43.3 Å². The highest BCUT2D eigenvalue weighted by atomic mass is 16.5. The van der Waals surface area contributed by atoms with Crippen molar-refractivity contribution in [1.29, 1.82) is 5.26 Å². The summed E-state index contributed by atoms with van der Waals surface area (Å²) in [5.41, 5.74) is 9.48. The fourth-order valence-corrected chi connectivity index (χ4v) is 1.99. The molecular formula is C16H16N2O. The summed E-state index contributed by atoms with van der Waals surface area (Å²) >= 11 is 0.